The van der Waals surface area contributed by atoms with Crippen LogP contribution in [0, 0.1) is 12.3 Å². The maximum absolute atomic E-state index is 11.5. The third kappa shape index (κ3) is 4.03. The Bertz CT molecular complexity index is 530. The summed E-state index contributed by atoms with van der Waals surface area (Å²) in [6, 6.07) is 1.73. The van der Waals surface area contributed by atoms with Gasteiger partial charge in [0.25, 0.3) is 0 Å². The van der Waals surface area contributed by atoms with Gasteiger partial charge >= 0.3 is 11.9 Å². The Morgan fingerprint density at radius 1 is 1.33 bits per heavy atom. The smallest absolute Gasteiger partial charge is 0.341 e. The average molecular weight is 312 g/mol. The maximum Gasteiger partial charge on any atom is 0.341 e. The van der Waals surface area contributed by atoms with Crippen LogP contribution in [0.1, 0.15) is 41.1 Å². The largest absolute Gasteiger partial charge is 0.469 e. The second-order valence-electron chi connectivity index (χ2n) is 5.42. The summed E-state index contributed by atoms with van der Waals surface area (Å²) in [7, 11) is 2.78. The van der Waals surface area contributed by atoms with Gasteiger partial charge in [-0.25, -0.2) is 4.79 Å². The molecule has 1 aromatic rings. The second kappa shape index (κ2) is 6.56. The van der Waals surface area contributed by atoms with Crippen LogP contribution in [0.4, 0.5) is 0 Å². The van der Waals surface area contributed by atoms with Crippen LogP contribution in [-0.4, -0.2) is 31.9 Å². The van der Waals surface area contributed by atoms with Gasteiger partial charge in [-0.15, -0.1) is 0 Å². The van der Waals surface area contributed by atoms with Gasteiger partial charge in [-0.2, -0.15) is 11.8 Å². The van der Waals surface area contributed by atoms with Crippen molar-refractivity contribution in [3.05, 3.63) is 23.2 Å². The first-order valence-electron chi connectivity index (χ1n) is 6.82. The summed E-state index contributed by atoms with van der Waals surface area (Å²) >= 11 is 1.72. The number of rotatable bonds is 7. The molecule has 0 unspecified atom stereocenters. The standard InChI is InChI=1S/C15H20O5S/c1-10-12(14(17)19-3)6-11(20-10)8-21-9-15(4-5-15)7-13(16)18-2/h6H,4-5,7-9H2,1-3H3. The zero-order valence-corrected chi connectivity index (χ0v) is 13.4. The van der Waals surface area contributed by atoms with E-state index in [1.54, 1.807) is 24.8 Å². The average Bonchev–Trinajstić information content (AvgIpc) is 3.12. The molecule has 0 spiro atoms. The molecule has 0 amide bonds. The van der Waals surface area contributed by atoms with Gasteiger partial charge in [-0.3, -0.25) is 4.79 Å². The first-order chi connectivity index (χ1) is 9.99. The lowest BCUT2D eigenvalue weighted by Gasteiger charge is -2.12. The number of furan rings is 1. The minimum absolute atomic E-state index is 0.102. The van der Waals surface area contributed by atoms with Crippen molar-refractivity contribution in [1.82, 2.24) is 0 Å². The summed E-state index contributed by atoms with van der Waals surface area (Å²) in [4.78, 5) is 22.9. The predicted molar refractivity (Wildman–Crippen MR) is 79.2 cm³/mol. The third-order valence-corrected chi connectivity index (χ3v) is 5.04. The fourth-order valence-corrected chi connectivity index (χ4v) is 3.49. The van der Waals surface area contributed by atoms with E-state index in [4.69, 9.17) is 13.9 Å². The Balaban J connectivity index is 1.84. The van der Waals surface area contributed by atoms with E-state index in [0.717, 1.165) is 24.4 Å². The summed E-state index contributed by atoms with van der Waals surface area (Å²) in [5, 5.41) is 0. The van der Waals surface area contributed by atoms with Crippen LogP contribution in [0.25, 0.3) is 0 Å². The van der Waals surface area contributed by atoms with E-state index in [0.29, 0.717) is 23.5 Å². The Morgan fingerprint density at radius 3 is 2.62 bits per heavy atom. The summed E-state index contributed by atoms with van der Waals surface area (Å²) in [6.07, 6.45) is 2.63. The minimum atomic E-state index is -0.378. The highest BCUT2D eigenvalue weighted by Gasteiger charge is 2.44. The summed E-state index contributed by atoms with van der Waals surface area (Å²) in [5.74, 6) is 2.39. The van der Waals surface area contributed by atoms with Crippen LogP contribution in [0.2, 0.25) is 0 Å². The SMILES string of the molecule is COC(=O)CC1(CSCc2cc(C(=O)OC)c(C)o2)CC1. The Hall–Kier alpha value is -1.43. The van der Waals surface area contributed by atoms with Crippen molar-refractivity contribution in [2.45, 2.75) is 31.9 Å². The molecule has 0 aromatic carbocycles. The molecule has 1 aliphatic rings. The number of hydrogen-bond acceptors (Lipinski definition) is 6. The molecule has 116 valence electrons. The summed E-state index contributed by atoms with van der Waals surface area (Å²) in [6.45, 7) is 1.75. The van der Waals surface area contributed by atoms with Gasteiger partial charge in [0.1, 0.15) is 17.1 Å². The molecule has 0 aliphatic heterocycles. The molecule has 1 heterocycles. The number of thioether (sulfide) groups is 1. The fourth-order valence-electron chi connectivity index (χ4n) is 2.22. The van der Waals surface area contributed by atoms with Crippen molar-refractivity contribution in [3.8, 4) is 0 Å². The monoisotopic (exact) mass is 312 g/mol. The van der Waals surface area contributed by atoms with Gasteiger partial charge in [0, 0.05) is 0 Å². The van der Waals surface area contributed by atoms with Crippen LogP contribution in [-0.2, 0) is 20.0 Å². The first-order valence-corrected chi connectivity index (χ1v) is 7.97. The Labute approximate surface area is 128 Å². The number of esters is 2. The molecule has 0 atom stereocenters. The molecule has 1 saturated carbocycles. The van der Waals surface area contributed by atoms with E-state index < -0.39 is 0 Å². The number of carbonyl (C=O) groups excluding carboxylic acids is 2. The van der Waals surface area contributed by atoms with Gasteiger partial charge in [0.15, 0.2) is 0 Å². The lowest BCUT2D eigenvalue weighted by Crippen LogP contribution is -2.13. The molecular weight excluding hydrogens is 292 g/mol. The molecule has 0 radical (unpaired) electrons. The molecule has 1 aliphatic carbocycles. The van der Waals surface area contributed by atoms with Crippen LogP contribution in [0.5, 0.6) is 0 Å². The highest BCUT2D eigenvalue weighted by atomic mass is 32.2. The number of carbonyl (C=O) groups is 2. The molecule has 2 rings (SSSR count). The normalized spacial score (nSPS) is 15.6. The zero-order valence-electron chi connectivity index (χ0n) is 12.6. The third-order valence-electron chi connectivity index (χ3n) is 3.73. The number of ether oxygens (including phenoxy) is 2. The molecule has 0 bridgehead atoms. The number of aryl methyl sites for hydroxylation is 1. The van der Waals surface area contributed by atoms with Gasteiger partial charge in [0.05, 0.1) is 26.4 Å². The van der Waals surface area contributed by atoms with Crippen molar-refractivity contribution < 1.29 is 23.5 Å². The molecule has 0 saturated heterocycles. The summed E-state index contributed by atoms with van der Waals surface area (Å²) in [5.41, 5.74) is 0.577. The predicted octanol–water partition coefficient (Wildman–Crippen LogP) is 2.95. The van der Waals surface area contributed by atoms with Crippen molar-refractivity contribution in [3.63, 3.8) is 0 Å². The highest BCUT2D eigenvalue weighted by molar-refractivity contribution is 7.98. The van der Waals surface area contributed by atoms with Crippen LogP contribution in [0.3, 0.4) is 0 Å². The highest BCUT2D eigenvalue weighted by Crippen LogP contribution is 2.51. The lowest BCUT2D eigenvalue weighted by atomic mass is 10.1. The van der Waals surface area contributed by atoms with Crippen LogP contribution in [0.15, 0.2) is 10.5 Å². The van der Waals surface area contributed by atoms with Gasteiger partial charge < -0.3 is 13.9 Å². The quantitative estimate of drug-likeness (QED) is 0.721. The van der Waals surface area contributed by atoms with E-state index in [1.807, 2.05) is 0 Å². The van der Waals surface area contributed by atoms with E-state index in [-0.39, 0.29) is 17.4 Å². The fraction of sp³-hybridized carbons (Fsp3) is 0.600. The molecule has 1 aromatic heterocycles. The second-order valence-corrected chi connectivity index (χ2v) is 6.41. The van der Waals surface area contributed by atoms with Crippen molar-refractivity contribution in [2.24, 2.45) is 5.41 Å². The van der Waals surface area contributed by atoms with Crippen molar-refractivity contribution in [1.29, 1.82) is 0 Å². The topological polar surface area (TPSA) is 65.7 Å². The van der Waals surface area contributed by atoms with E-state index in [9.17, 15) is 9.59 Å². The number of hydrogen-bond donors (Lipinski definition) is 0. The maximum atomic E-state index is 11.5. The molecule has 6 heteroatoms. The lowest BCUT2D eigenvalue weighted by molar-refractivity contribution is -0.141. The molecule has 21 heavy (non-hydrogen) atoms. The van der Waals surface area contributed by atoms with Crippen molar-refractivity contribution in [2.75, 3.05) is 20.0 Å². The summed E-state index contributed by atoms with van der Waals surface area (Å²) < 4.78 is 15.0. The molecular formula is C15H20O5S. The molecule has 0 N–H and O–H groups in total. The van der Waals surface area contributed by atoms with E-state index in [2.05, 4.69) is 0 Å². The molecule has 5 nitrogen and oxygen atoms in total. The van der Waals surface area contributed by atoms with Crippen LogP contribution >= 0.6 is 11.8 Å². The minimum Gasteiger partial charge on any atom is -0.469 e. The van der Waals surface area contributed by atoms with E-state index >= 15 is 0 Å². The van der Waals surface area contributed by atoms with Crippen molar-refractivity contribution >= 4 is 23.7 Å². The van der Waals surface area contributed by atoms with Gasteiger partial charge in [-0.1, -0.05) is 0 Å². The van der Waals surface area contributed by atoms with Gasteiger partial charge in [-0.05, 0) is 37.0 Å². The van der Waals surface area contributed by atoms with Gasteiger partial charge in [0.2, 0.25) is 0 Å². The molecule has 1 fully saturated rings. The first kappa shape index (κ1) is 15.9. The van der Waals surface area contributed by atoms with E-state index in [1.165, 1.54) is 14.2 Å². The Kier molecular flexibility index (Phi) is 4.98. The Morgan fingerprint density at radius 2 is 2.05 bits per heavy atom. The van der Waals surface area contributed by atoms with Crippen LogP contribution < -0.4 is 0 Å². The zero-order chi connectivity index (χ0) is 15.5. The number of methoxy groups -OCH3 is 2.